The molecule has 0 unspecified atom stereocenters. The van der Waals surface area contributed by atoms with Crippen molar-refractivity contribution < 1.29 is 14.3 Å². The van der Waals surface area contributed by atoms with Crippen molar-refractivity contribution in [1.82, 2.24) is 4.90 Å². The molecule has 0 radical (unpaired) electrons. The molecule has 4 nitrogen and oxygen atoms in total. The lowest BCUT2D eigenvalue weighted by Gasteiger charge is -2.26. The van der Waals surface area contributed by atoms with E-state index in [1.54, 1.807) is 11.2 Å². The van der Waals surface area contributed by atoms with E-state index in [1.165, 1.54) is 70.6 Å². The molecule has 0 saturated carbocycles. The van der Waals surface area contributed by atoms with Gasteiger partial charge in [-0.25, -0.2) is 9.69 Å². The second-order valence-electron chi connectivity index (χ2n) is 8.00. The summed E-state index contributed by atoms with van der Waals surface area (Å²) in [7, 11) is 0. The van der Waals surface area contributed by atoms with Crippen LogP contribution in [0.2, 0.25) is 0 Å². The number of hydrogen-bond donors (Lipinski definition) is 0. The van der Waals surface area contributed by atoms with E-state index < -0.39 is 5.72 Å². The number of rotatable bonds is 13. The van der Waals surface area contributed by atoms with Gasteiger partial charge >= 0.3 is 6.09 Å². The largest absolute Gasteiger partial charge is 0.474 e. The summed E-state index contributed by atoms with van der Waals surface area (Å²) < 4.78 is 11.0. The highest BCUT2D eigenvalue weighted by atomic mass is 16.6. The summed E-state index contributed by atoms with van der Waals surface area (Å²) >= 11 is 0. The van der Waals surface area contributed by atoms with Gasteiger partial charge in [-0.15, -0.1) is 0 Å². The first-order valence-corrected chi connectivity index (χ1v) is 10.6. The zero-order chi connectivity index (χ0) is 18.8. The Hall–Kier alpha value is -1.45. The van der Waals surface area contributed by atoms with E-state index in [0.717, 1.165) is 12.1 Å². The molecule has 1 saturated heterocycles. The molecule has 0 aromatic heterocycles. The van der Waals surface area contributed by atoms with Gasteiger partial charge in [0.05, 0.1) is 0 Å². The Kier molecular flexibility index (Phi) is 8.53. The molecule has 2 aliphatic rings. The zero-order valence-electron chi connectivity index (χ0n) is 17.0. The van der Waals surface area contributed by atoms with E-state index in [-0.39, 0.29) is 12.2 Å². The van der Waals surface area contributed by atoms with Crippen molar-refractivity contribution >= 4 is 6.09 Å². The minimum Gasteiger partial charge on any atom is -0.474 e. The summed E-state index contributed by atoms with van der Waals surface area (Å²) in [6.45, 7) is 6.01. The molecule has 1 fully saturated rings. The average Bonchev–Trinajstić information content (AvgIpc) is 3.10. The third-order valence-electron chi connectivity index (χ3n) is 5.25. The van der Waals surface area contributed by atoms with Crippen LogP contribution in [0.3, 0.4) is 0 Å². The quantitative estimate of drug-likeness (QED) is 0.271. The molecule has 2 aliphatic heterocycles. The number of allylic oxidation sites excluding steroid dienone is 1. The van der Waals surface area contributed by atoms with Crippen LogP contribution in [0.25, 0.3) is 0 Å². The fourth-order valence-electron chi connectivity index (χ4n) is 3.65. The predicted octanol–water partition coefficient (Wildman–Crippen LogP) is 6.67. The van der Waals surface area contributed by atoms with Crippen LogP contribution < -0.4 is 0 Å². The first-order chi connectivity index (χ1) is 12.6. The van der Waals surface area contributed by atoms with Gasteiger partial charge in [-0.1, -0.05) is 77.2 Å². The van der Waals surface area contributed by atoms with Crippen LogP contribution in [0.4, 0.5) is 4.79 Å². The van der Waals surface area contributed by atoms with Crippen molar-refractivity contribution in [3.05, 3.63) is 24.1 Å². The second kappa shape index (κ2) is 10.6. The first-order valence-electron chi connectivity index (χ1n) is 10.6. The molecular formula is C22H37NO3. The topological polar surface area (TPSA) is 38.8 Å². The van der Waals surface area contributed by atoms with Gasteiger partial charge in [-0.2, -0.15) is 0 Å². The number of fused-ring (bicyclic) bond motifs is 1. The Morgan fingerprint density at radius 3 is 2.19 bits per heavy atom. The van der Waals surface area contributed by atoms with E-state index in [0.29, 0.717) is 0 Å². The summed E-state index contributed by atoms with van der Waals surface area (Å²) in [4.78, 5) is 13.6. The Morgan fingerprint density at radius 1 is 1.00 bits per heavy atom. The fraction of sp³-hybridized carbons (Fsp3) is 0.773. The second-order valence-corrected chi connectivity index (χ2v) is 8.00. The van der Waals surface area contributed by atoms with E-state index >= 15 is 0 Å². The highest BCUT2D eigenvalue weighted by Crippen LogP contribution is 2.37. The van der Waals surface area contributed by atoms with Crippen molar-refractivity contribution in [2.75, 3.05) is 0 Å². The van der Waals surface area contributed by atoms with Gasteiger partial charge < -0.3 is 9.47 Å². The molecule has 0 bridgehead atoms. The summed E-state index contributed by atoms with van der Waals surface area (Å²) in [6, 6.07) is 0. The van der Waals surface area contributed by atoms with E-state index in [9.17, 15) is 4.79 Å². The van der Waals surface area contributed by atoms with Gasteiger partial charge in [0.2, 0.25) is 0 Å². The SMILES string of the molecule is CCCCCCCCCCCCCC=C[C@@H]1OC(=O)N2C1=COC2(C)C. The summed E-state index contributed by atoms with van der Waals surface area (Å²) in [5, 5.41) is 0. The molecule has 0 aromatic rings. The molecule has 26 heavy (non-hydrogen) atoms. The Balaban J connectivity index is 1.49. The molecule has 0 N–H and O–H groups in total. The number of nitrogens with zero attached hydrogens (tertiary/aromatic N) is 1. The van der Waals surface area contributed by atoms with Crippen LogP contribution in [0.15, 0.2) is 24.1 Å². The number of cyclic esters (lactones) is 1. The molecular weight excluding hydrogens is 326 g/mol. The maximum Gasteiger partial charge on any atom is 0.418 e. The molecule has 0 aliphatic carbocycles. The highest BCUT2D eigenvalue weighted by molar-refractivity contribution is 5.75. The third-order valence-corrected chi connectivity index (χ3v) is 5.25. The van der Waals surface area contributed by atoms with Gasteiger partial charge in [0.15, 0.2) is 11.8 Å². The van der Waals surface area contributed by atoms with Crippen molar-refractivity contribution in [3.63, 3.8) is 0 Å². The Bertz CT molecular complexity index is 496. The maximum absolute atomic E-state index is 12.0. The lowest BCUT2D eigenvalue weighted by Crippen LogP contribution is -2.40. The van der Waals surface area contributed by atoms with E-state index in [2.05, 4.69) is 13.0 Å². The van der Waals surface area contributed by atoms with E-state index in [1.807, 2.05) is 19.9 Å². The van der Waals surface area contributed by atoms with Crippen LogP contribution in [0, 0.1) is 0 Å². The minimum absolute atomic E-state index is 0.294. The lowest BCUT2D eigenvalue weighted by atomic mass is 10.1. The summed E-state index contributed by atoms with van der Waals surface area (Å²) in [5.74, 6) is 0. The molecule has 0 aromatic carbocycles. The lowest BCUT2D eigenvalue weighted by molar-refractivity contribution is -0.0159. The van der Waals surface area contributed by atoms with Crippen LogP contribution in [-0.2, 0) is 9.47 Å². The number of carbonyl (C=O) groups excluding carboxylic acids is 1. The molecule has 0 spiro atoms. The smallest absolute Gasteiger partial charge is 0.418 e. The molecule has 1 atom stereocenters. The zero-order valence-corrected chi connectivity index (χ0v) is 17.0. The highest BCUT2D eigenvalue weighted by Gasteiger charge is 2.49. The normalized spacial score (nSPS) is 21.0. The van der Waals surface area contributed by atoms with E-state index in [4.69, 9.17) is 9.47 Å². The Labute approximate surface area is 159 Å². The van der Waals surface area contributed by atoms with Crippen LogP contribution in [-0.4, -0.2) is 22.8 Å². The number of hydrogen-bond acceptors (Lipinski definition) is 3. The van der Waals surface area contributed by atoms with Crippen molar-refractivity contribution in [3.8, 4) is 0 Å². The van der Waals surface area contributed by atoms with Crippen LogP contribution in [0.5, 0.6) is 0 Å². The first kappa shape index (κ1) is 20.9. The summed E-state index contributed by atoms with van der Waals surface area (Å²) in [5.41, 5.74) is 0.181. The van der Waals surface area contributed by atoms with Crippen molar-refractivity contribution in [2.24, 2.45) is 0 Å². The minimum atomic E-state index is -0.634. The molecule has 2 rings (SSSR count). The molecule has 2 heterocycles. The van der Waals surface area contributed by atoms with Crippen molar-refractivity contribution in [2.45, 2.75) is 110 Å². The predicted molar refractivity (Wildman–Crippen MR) is 106 cm³/mol. The number of carbonyl (C=O) groups is 1. The third kappa shape index (κ3) is 6.07. The monoisotopic (exact) mass is 363 g/mol. The van der Waals surface area contributed by atoms with Gasteiger partial charge in [-0.3, -0.25) is 0 Å². The summed E-state index contributed by atoms with van der Waals surface area (Å²) in [6.07, 6.45) is 21.2. The average molecular weight is 364 g/mol. The van der Waals surface area contributed by atoms with Gasteiger partial charge in [-0.05, 0) is 32.8 Å². The molecule has 4 heteroatoms. The Morgan fingerprint density at radius 2 is 1.58 bits per heavy atom. The molecule has 148 valence electrons. The number of unbranched alkanes of at least 4 members (excludes halogenated alkanes) is 11. The van der Waals surface area contributed by atoms with Crippen LogP contribution in [0.1, 0.15) is 97.8 Å². The fourth-order valence-corrected chi connectivity index (χ4v) is 3.65. The van der Waals surface area contributed by atoms with Crippen LogP contribution >= 0.6 is 0 Å². The maximum atomic E-state index is 12.0. The number of ether oxygens (including phenoxy) is 2. The van der Waals surface area contributed by atoms with Gasteiger partial charge in [0, 0.05) is 0 Å². The van der Waals surface area contributed by atoms with Crippen molar-refractivity contribution in [1.29, 1.82) is 0 Å². The van der Waals surface area contributed by atoms with Gasteiger partial charge in [0.25, 0.3) is 0 Å². The van der Waals surface area contributed by atoms with Gasteiger partial charge in [0.1, 0.15) is 12.0 Å². The number of amides is 1. The standard InChI is InChI=1S/C22H37NO3/c1-4-5-6-7-8-9-10-11-12-13-14-15-16-17-20-19-18-25-22(2,3)23(19)21(24)26-20/h16-18,20H,4-15H2,1-3H3/t20-/m0/s1. The molecule has 1 amide bonds.